The van der Waals surface area contributed by atoms with Gasteiger partial charge in [-0.15, -0.1) is 0 Å². The maximum absolute atomic E-state index is 11.3. The van der Waals surface area contributed by atoms with Crippen molar-refractivity contribution in [3.05, 3.63) is 24.4 Å². The van der Waals surface area contributed by atoms with Gasteiger partial charge in [-0.05, 0) is 25.7 Å². The number of hydrogen-bond donors (Lipinski definition) is 0. The second-order valence-corrected chi connectivity index (χ2v) is 3.72. The van der Waals surface area contributed by atoms with Crippen LogP contribution < -0.4 is 0 Å². The summed E-state index contributed by atoms with van der Waals surface area (Å²) >= 11 is 0. The number of carbonyl (C=O) groups excluding carboxylic acids is 1. The number of carbonyl (C=O) groups is 1. The normalized spacial score (nSPS) is 22.9. The molecule has 0 spiro atoms. The lowest BCUT2D eigenvalue weighted by Crippen LogP contribution is -2.09. The van der Waals surface area contributed by atoms with Crippen LogP contribution in [-0.2, 0) is 19.0 Å². The number of hydrogen-bond acceptors (Lipinski definition) is 4. The average Bonchev–Trinajstić information content (AvgIpc) is 2.88. The predicted octanol–water partition coefficient (Wildman–Crippen LogP) is 1.87. The molecule has 4 nitrogen and oxygen atoms in total. The van der Waals surface area contributed by atoms with E-state index in [2.05, 4.69) is 11.3 Å². The van der Waals surface area contributed by atoms with E-state index in [1.54, 1.807) is 0 Å². The van der Waals surface area contributed by atoms with E-state index < -0.39 is 5.97 Å². The zero-order valence-corrected chi connectivity index (χ0v) is 8.53. The van der Waals surface area contributed by atoms with Crippen LogP contribution in [0.5, 0.6) is 0 Å². The van der Waals surface area contributed by atoms with Crippen LogP contribution in [0.2, 0.25) is 0 Å². The fraction of sp³-hybridized carbons (Fsp3) is 0.545. The van der Waals surface area contributed by atoms with Crippen molar-refractivity contribution in [2.75, 3.05) is 6.61 Å². The molecule has 0 aromatic rings. The van der Waals surface area contributed by atoms with Crippen molar-refractivity contribution < 1.29 is 19.0 Å². The Bertz CT molecular complexity index is 300. The van der Waals surface area contributed by atoms with Crippen molar-refractivity contribution in [3.8, 4) is 0 Å². The Morgan fingerprint density at radius 3 is 3.07 bits per heavy atom. The Morgan fingerprint density at radius 2 is 2.47 bits per heavy atom. The molecule has 15 heavy (non-hydrogen) atoms. The maximum Gasteiger partial charge on any atom is 0.341 e. The van der Waals surface area contributed by atoms with Gasteiger partial charge in [-0.1, -0.05) is 6.58 Å². The number of esters is 1. The molecule has 1 fully saturated rings. The summed E-state index contributed by atoms with van der Waals surface area (Å²) in [5, 5.41) is 0. The van der Waals surface area contributed by atoms with Gasteiger partial charge in [-0.3, -0.25) is 0 Å². The molecule has 0 aromatic heterocycles. The highest BCUT2D eigenvalue weighted by molar-refractivity contribution is 5.88. The smallest absolute Gasteiger partial charge is 0.341 e. The first kappa shape index (κ1) is 10.2. The molecule has 4 heteroatoms. The zero-order chi connectivity index (χ0) is 10.7. The molecule has 0 amide bonds. The lowest BCUT2D eigenvalue weighted by Gasteiger charge is -2.08. The molecule has 82 valence electrons. The molecule has 2 rings (SSSR count). The Labute approximate surface area is 88.5 Å². The SMILES string of the molecule is C=C(CCC1CCCO1)C(=O)OC1=CO1. The highest BCUT2D eigenvalue weighted by atomic mass is 16.7. The molecule has 2 aliphatic heterocycles. The van der Waals surface area contributed by atoms with Crippen molar-refractivity contribution in [1.29, 1.82) is 0 Å². The van der Waals surface area contributed by atoms with Gasteiger partial charge in [0.25, 0.3) is 0 Å². The molecule has 0 bridgehead atoms. The van der Waals surface area contributed by atoms with Gasteiger partial charge in [-0.2, -0.15) is 0 Å². The van der Waals surface area contributed by atoms with Crippen molar-refractivity contribution in [2.45, 2.75) is 31.8 Å². The largest absolute Gasteiger partial charge is 0.424 e. The van der Waals surface area contributed by atoms with Crippen LogP contribution in [0.15, 0.2) is 24.4 Å². The van der Waals surface area contributed by atoms with Crippen LogP contribution in [0.3, 0.4) is 0 Å². The quantitative estimate of drug-likeness (QED) is 0.513. The molecular formula is C11H14O4. The summed E-state index contributed by atoms with van der Waals surface area (Å²) in [6, 6.07) is 0. The minimum atomic E-state index is -0.406. The zero-order valence-electron chi connectivity index (χ0n) is 8.53. The van der Waals surface area contributed by atoms with Crippen molar-refractivity contribution in [2.24, 2.45) is 0 Å². The van der Waals surface area contributed by atoms with E-state index in [1.807, 2.05) is 0 Å². The summed E-state index contributed by atoms with van der Waals surface area (Å²) in [6.07, 6.45) is 5.32. The lowest BCUT2D eigenvalue weighted by atomic mass is 10.1. The van der Waals surface area contributed by atoms with E-state index in [0.717, 1.165) is 25.9 Å². The number of rotatable bonds is 5. The van der Waals surface area contributed by atoms with Gasteiger partial charge >= 0.3 is 11.9 Å². The van der Waals surface area contributed by atoms with E-state index in [9.17, 15) is 4.79 Å². The molecule has 0 aromatic carbocycles. The van der Waals surface area contributed by atoms with E-state index in [-0.39, 0.29) is 12.0 Å². The Morgan fingerprint density at radius 1 is 1.67 bits per heavy atom. The van der Waals surface area contributed by atoms with Crippen LogP contribution in [-0.4, -0.2) is 18.7 Å². The van der Waals surface area contributed by atoms with E-state index in [1.165, 1.54) is 6.26 Å². The van der Waals surface area contributed by atoms with Crippen LogP contribution >= 0.6 is 0 Å². The first-order chi connectivity index (χ1) is 7.25. The maximum atomic E-state index is 11.3. The molecule has 1 saturated heterocycles. The lowest BCUT2D eigenvalue weighted by molar-refractivity contribution is -0.136. The molecular weight excluding hydrogens is 196 g/mol. The highest BCUT2D eigenvalue weighted by Crippen LogP contribution is 2.21. The molecule has 2 heterocycles. The third kappa shape index (κ3) is 3.09. The third-order valence-electron chi connectivity index (χ3n) is 2.49. The van der Waals surface area contributed by atoms with Gasteiger partial charge in [0.1, 0.15) is 0 Å². The molecule has 1 atom stereocenters. The average molecular weight is 210 g/mol. The molecule has 1 unspecified atom stereocenters. The molecule has 0 aliphatic carbocycles. The molecule has 0 saturated carbocycles. The summed E-state index contributed by atoms with van der Waals surface area (Å²) in [4.78, 5) is 11.3. The second kappa shape index (κ2) is 4.49. The second-order valence-electron chi connectivity index (χ2n) is 3.72. The van der Waals surface area contributed by atoms with E-state index >= 15 is 0 Å². The minimum absolute atomic E-state index is 0.276. The summed E-state index contributed by atoms with van der Waals surface area (Å²) in [5.41, 5.74) is 0.474. The third-order valence-corrected chi connectivity index (χ3v) is 2.49. The van der Waals surface area contributed by atoms with Crippen LogP contribution in [0, 0.1) is 0 Å². The first-order valence-electron chi connectivity index (χ1n) is 5.14. The fourth-order valence-corrected chi connectivity index (χ4v) is 1.54. The Balaban J connectivity index is 1.66. The number of ether oxygens (including phenoxy) is 3. The fourth-order valence-electron chi connectivity index (χ4n) is 1.54. The molecule has 2 aliphatic rings. The summed E-state index contributed by atoms with van der Waals surface area (Å²) in [7, 11) is 0. The van der Waals surface area contributed by atoms with Crippen molar-refractivity contribution >= 4 is 5.97 Å². The summed E-state index contributed by atoms with van der Waals surface area (Å²) in [5.74, 6) is -0.130. The van der Waals surface area contributed by atoms with Gasteiger partial charge in [0.2, 0.25) is 0 Å². The summed E-state index contributed by atoms with van der Waals surface area (Å²) < 4.78 is 14.8. The predicted molar refractivity (Wildman–Crippen MR) is 52.6 cm³/mol. The van der Waals surface area contributed by atoms with Gasteiger partial charge in [-0.25, -0.2) is 4.79 Å². The standard InChI is InChI=1S/C11H14O4/c1-8(11(12)15-10-7-14-10)4-5-9-3-2-6-13-9/h7,9H,1-6H2. The Kier molecular flexibility index (Phi) is 3.06. The van der Waals surface area contributed by atoms with E-state index in [4.69, 9.17) is 9.47 Å². The van der Waals surface area contributed by atoms with Crippen LogP contribution in [0.1, 0.15) is 25.7 Å². The van der Waals surface area contributed by atoms with Gasteiger partial charge in [0, 0.05) is 12.2 Å². The monoisotopic (exact) mass is 210 g/mol. The molecule has 0 N–H and O–H groups in total. The van der Waals surface area contributed by atoms with Gasteiger partial charge < -0.3 is 14.2 Å². The van der Waals surface area contributed by atoms with E-state index in [0.29, 0.717) is 12.0 Å². The Hall–Kier alpha value is -1.29. The summed E-state index contributed by atoms with van der Waals surface area (Å²) in [6.45, 7) is 4.52. The van der Waals surface area contributed by atoms with Crippen molar-refractivity contribution in [3.63, 3.8) is 0 Å². The van der Waals surface area contributed by atoms with Crippen molar-refractivity contribution in [1.82, 2.24) is 0 Å². The first-order valence-corrected chi connectivity index (χ1v) is 5.14. The van der Waals surface area contributed by atoms with Crippen LogP contribution in [0.25, 0.3) is 0 Å². The van der Waals surface area contributed by atoms with Gasteiger partial charge in [0.15, 0.2) is 6.26 Å². The molecule has 0 radical (unpaired) electrons. The van der Waals surface area contributed by atoms with Gasteiger partial charge in [0.05, 0.1) is 6.10 Å². The van der Waals surface area contributed by atoms with Crippen LogP contribution in [0.4, 0.5) is 0 Å². The highest BCUT2D eigenvalue weighted by Gasteiger charge is 2.21. The topological polar surface area (TPSA) is 48.1 Å². The minimum Gasteiger partial charge on any atom is -0.424 e.